The molecule has 0 saturated carbocycles. The maximum Gasteiger partial charge on any atom is 0.231 e. The Morgan fingerprint density at radius 1 is 1.33 bits per heavy atom. The molecular weight excluding hydrogens is 212 g/mol. The fourth-order valence-corrected chi connectivity index (χ4v) is 2.22. The topological polar surface area (TPSA) is 41.5 Å². The summed E-state index contributed by atoms with van der Waals surface area (Å²) in [6, 6.07) is 5.88. The summed E-state index contributed by atoms with van der Waals surface area (Å²) in [7, 11) is 0. The number of aryl methyl sites for hydroxylation is 1. The molecule has 0 radical (unpaired) electrons. The van der Waals surface area contributed by atoms with Crippen molar-refractivity contribution in [2.75, 3.05) is 18.3 Å². The number of hydrogen-bond acceptors (Lipinski definition) is 3. The molecule has 0 fully saturated rings. The van der Waals surface area contributed by atoms with E-state index in [4.69, 9.17) is 9.47 Å². The minimum Gasteiger partial charge on any atom is -0.616 e. The molecule has 1 heterocycles. The van der Waals surface area contributed by atoms with Gasteiger partial charge in [0.05, 0.1) is 0 Å². The maximum absolute atomic E-state index is 11.3. The van der Waals surface area contributed by atoms with Crippen LogP contribution in [0.4, 0.5) is 0 Å². The lowest BCUT2D eigenvalue weighted by atomic mass is 10.1. The first-order valence-corrected chi connectivity index (χ1v) is 6.52. The maximum atomic E-state index is 11.3. The highest BCUT2D eigenvalue weighted by Gasteiger charge is 2.13. The first-order valence-electron chi connectivity index (χ1n) is 5.03. The van der Waals surface area contributed by atoms with Crippen LogP contribution in [0.15, 0.2) is 18.2 Å². The highest BCUT2D eigenvalue weighted by atomic mass is 32.2. The first kappa shape index (κ1) is 10.6. The first-order chi connectivity index (χ1) is 7.29. The third-order valence-corrected chi connectivity index (χ3v) is 3.68. The normalized spacial score (nSPS) is 15.3. The van der Waals surface area contributed by atoms with Crippen molar-refractivity contribution in [3.8, 4) is 11.5 Å². The molecular formula is C11H14O3S. The van der Waals surface area contributed by atoms with Crippen LogP contribution in [-0.2, 0) is 17.6 Å². The third kappa shape index (κ3) is 2.58. The van der Waals surface area contributed by atoms with E-state index < -0.39 is 11.2 Å². The van der Waals surface area contributed by atoms with Crippen molar-refractivity contribution in [3.05, 3.63) is 23.8 Å². The highest BCUT2D eigenvalue weighted by Crippen LogP contribution is 2.32. The van der Waals surface area contributed by atoms with Gasteiger partial charge in [0, 0.05) is 6.42 Å². The standard InChI is InChI=1S/C11H14O3S/c1-2-15(12)6-5-9-3-4-10-11(7-9)14-8-13-10/h3-4,7H,2,5-6,8H2,1H3. The molecule has 82 valence electrons. The molecule has 4 heteroatoms. The zero-order chi connectivity index (χ0) is 10.7. The molecule has 1 unspecified atom stereocenters. The summed E-state index contributed by atoms with van der Waals surface area (Å²) < 4.78 is 21.8. The van der Waals surface area contributed by atoms with Crippen LogP contribution in [0.5, 0.6) is 11.5 Å². The SMILES string of the molecule is CC[S+]([O-])CCc1ccc2c(c1)OCO2. The van der Waals surface area contributed by atoms with Crippen molar-refractivity contribution >= 4 is 11.2 Å². The molecule has 0 aromatic heterocycles. The summed E-state index contributed by atoms with van der Waals surface area (Å²) in [5.41, 5.74) is 1.15. The molecule has 3 nitrogen and oxygen atoms in total. The molecule has 1 aliphatic heterocycles. The summed E-state index contributed by atoms with van der Waals surface area (Å²) in [6.07, 6.45) is 0.830. The predicted octanol–water partition coefficient (Wildman–Crippen LogP) is 1.73. The van der Waals surface area contributed by atoms with E-state index in [1.54, 1.807) is 0 Å². The van der Waals surface area contributed by atoms with Gasteiger partial charge in [0.15, 0.2) is 11.5 Å². The van der Waals surface area contributed by atoms with Crippen LogP contribution in [-0.4, -0.2) is 22.9 Å². The summed E-state index contributed by atoms with van der Waals surface area (Å²) in [5, 5.41) is 0. The van der Waals surface area contributed by atoms with Crippen LogP contribution in [0.25, 0.3) is 0 Å². The predicted molar refractivity (Wildman–Crippen MR) is 59.8 cm³/mol. The Labute approximate surface area is 92.6 Å². The van der Waals surface area contributed by atoms with Crippen LogP contribution >= 0.6 is 0 Å². The van der Waals surface area contributed by atoms with Gasteiger partial charge in [-0.3, -0.25) is 0 Å². The zero-order valence-electron chi connectivity index (χ0n) is 8.69. The number of ether oxygens (including phenoxy) is 2. The van der Waals surface area contributed by atoms with Crippen LogP contribution in [0.1, 0.15) is 12.5 Å². The fourth-order valence-electron chi connectivity index (χ4n) is 1.47. The van der Waals surface area contributed by atoms with Gasteiger partial charge in [0.1, 0.15) is 11.5 Å². The largest absolute Gasteiger partial charge is 0.616 e. The zero-order valence-corrected chi connectivity index (χ0v) is 9.51. The number of rotatable bonds is 4. The third-order valence-electron chi connectivity index (χ3n) is 2.38. The van der Waals surface area contributed by atoms with E-state index in [9.17, 15) is 4.55 Å². The smallest absolute Gasteiger partial charge is 0.231 e. The molecule has 0 saturated heterocycles. The van der Waals surface area contributed by atoms with Gasteiger partial charge in [-0.2, -0.15) is 0 Å². The van der Waals surface area contributed by atoms with Crippen molar-refractivity contribution < 1.29 is 14.0 Å². The Morgan fingerprint density at radius 3 is 2.93 bits per heavy atom. The average Bonchev–Trinajstić information content (AvgIpc) is 2.72. The van der Waals surface area contributed by atoms with Crippen LogP contribution in [0.3, 0.4) is 0 Å². The van der Waals surface area contributed by atoms with E-state index in [-0.39, 0.29) is 0 Å². The van der Waals surface area contributed by atoms with Crippen LogP contribution in [0.2, 0.25) is 0 Å². The van der Waals surface area contributed by atoms with Gasteiger partial charge in [-0.25, -0.2) is 0 Å². The summed E-state index contributed by atoms with van der Waals surface area (Å²) >= 11 is -0.698. The van der Waals surface area contributed by atoms with Crippen molar-refractivity contribution in [1.82, 2.24) is 0 Å². The van der Waals surface area contributed by atoms with Gasteiger partial charge in [-0.05, 0) is 24.6 Å². The summed E-state index contributed by atoms with van der Waals surface area (Å²) in [5.74, 6) is 3.05. The molecule has 1 atom stereocenters. The summed E-state index contributed by atoms with van der Waals surface area (Å²) in [4.78, 5) is 0. The van der Waals surface area contributed by atoms with E-state index >= 15 is 0 Å². The molecule has 1 aliphatic rings. The minimum absolute atomic E-state index is 0.305. The molecule has 0 bridgehead atoms. The van der Waals surface area contributed by atoms with Gasteiger partial charge < -0.3 is 14.0 Å². The lowest BCUT2D eigenvalue weighted by molar-refractivity contribution is 0.174. The molecule has 0 aliphatic carbocycles. The lowest BCUT2D eigenvalue weighted by Crippen LogP contribution is -2.10. The van der Waals surface area contributed by atoms with Crippen molar-refractivity contribution in [2.24, 2.45) is 0 Å². The van der Waals surface area contributed by atoms with Gasteiger partial charge in [-0.15, -0.1) is 0 Å². The molecule has 2 rings (SSSR count). The van der Waals surface area contributed by atoms with Crippen molar-refractivity contribution in [2.45, 2.75) is 13.3 Å². The molecule has 15 heavy (non-hydrogen) atoms. The van der Waals surface area contributed by atoms with Gasteiger partial charge >= 0.3 is 0 Å². The minimum atomic E-state index is -0.698. The van der Waals surface area contributed by atoms with E-state index in [0.29, 0.717) is 6.79 Å². The lowest BCUT2D eigenvalue weighted by Gasteiger charge is -2.08. The van der Waals surface area contributed by atoms with E-state index in [2.05, 4.69) is 0 Å². The van der Waals surface area contributed by atoms with Crippen LogP contribution < -0.4 is 9.47 Å². The number of hydrogen-bond donors (Lipinski definition) is 0. The van der Waals surface area contributed by atoms with E-state index in [1.807, 2.05) is 25.1 Å². The number of benzene rings is 1. The second-order valence-electron chi connectivity index (χ2n) is 3.37. The highest BCUT2D eigenvalue weighted by molar-refractivity contribution is 7.91. The Hall–Kier alpha value is -0.870. The summed E-state index contributed by atoms with van der Waals surface area (Å²) in [6.45, 7) is 2.25. The molecule has 1 aromatic carbocycles. The fraction of sp³-hybridized carbons (Fsp3) is 0.455. The van der Waals surface area contributed by atoms with Gasteiger partial charge in [0.25, 0.3) is 0 Å². The molecule has 0 spiro atoms. The van der Waals surface area contributed by atoms with Crippen molar-refractivity contribution in [3.63, 3.8) is 0 Å². The van der Waals surface area contributed by atoms with E-state index in [0.717, 1.165) is 35.0 Å². The quantitative estimate of drug-likeness (QED) is 0.734. The molecule has 1 aromatic rings. The van der Waals surface area contributed by atoms with Gasteiger partial charge in [0.2, 0.25) is 6.79 Å². The van der Waals surface area contributed by atoms with Crippen molar-refractivity contribution in [1.29, 1.82) is 0 Å². The van der Waals surface area contributed by atoms with Crippen LogP contribution in [0, 0.1) is 0 Å². The number of fused-ring (bicyclic) bond motifs is 1. The monoisotopic (exact) mass is 226 g/mol. The Morgan fingerprint density at radius 2 is 2.13 bits per heavy atom. The Kier molecular flexibility index (Phi) is 3.38. The second-order valence-corrected chi connectivity index (χ2v) is 5.24. The Bertz CT molecular complexity index is 341. The molecule has 0 N–H and O–H groups in total. The average molecular weight is 226 g/mol. The Balaban J connectivity index is 1.98. The van der Waals surface area contributed by atoms with E-state index in [1.165, 1.54) is 0 Å². The second kappa shape index (κ2) is 4.77. The molecule has 0 amide bonds. The van der Waals surface area contributed by atoms with Gasteiger partial charge in [-0.1, -0.05) is 17.2 Å².